The van der Waals surface area contributed by atoms with Gasteiger partial charge >= 0.3 is 0 Å². The van der Waals surface area contributed by atoms with E-state index in [0.29, 0.717) is 20.9 Å². The first kappa shape index (κ1) is 21.7. The second kappa shape index (κ2) is 10.7. The van der Waals surface area contributed by atoms with Gasteiger partial charge in [0, 0.05) is 5.69 Å². The van der Waals surface area contributed by atoms with Gasteiger partial charge < -0.3 is 20.1 Å². The van der Waals surface area contributed by atoms with Crippen molar-refractivity contribution in [2.45, 2.75) is 4.34 Å². The number of rotatable bonds is 9. The van der Waals surface area contributed by atoms with Crippen LogP contribution < -0.4 is 20.1 Å². The Labute approximate surface area is 193 Å². The summed E-state index contributed by atoms with van der Waals surface area (Å²) >= 11 is 2.71. The van der Waals surface area contributed by atoms with E-state index in [1.54, 1.807) is 19.2 Å². The first-order chi connectivity index (χ1) is 15.7. The third-order valence-electron chi connectivity index (χ3n) is 4.20. The Morgan fingerprint density at radius 3 is 2.44 bits per heavy atom. The van der Waals surface area contributed by atoms with Crippen molar-refractivity contribution in [1.82, 2.24) is 10.2 Å². The van der Waals surface area contributed by atoms with Gasteiger partial charge in [-0.1, -0.05) is 53.4 Å². The molecule has 0 bridgehead atoms. The molecule has 2 N–H and O–H groups in total. The summed E-state index contributed by atoms with van der Waals surface area (Å²) in [7, 11) is 1.57. The summed E-state index contributed by atoms with van der Waals surface area (Å²) in [5, 5.41) is 15.0. The van der Waals surface area contributed by atoms with Crippen molar-refractivity contribution in [3.63, 3.8) is 0 Å². The number of hydrogen-bond donors (Lipinski definition) is 2. The third-order valence-corrected chi connectivity index (χ3v) is 6.17. The van der Waals surface area contributed by atoms with E-state index in [9.17, 15) is 4.79 Å². The molecule has 32 heavy (non-hydrogen) atoms. The zero-order chi connectivity index (χ0) is 22.2. The van der Waals surface area contributed by atoms with Crippen molar-refractivity contribution in [2.24, 2.45) is 0 Å². The lowest BCUT2D eigenvalue weighted by Crippen LogP contribution is -2.14. The predicted octanol–water partition coefficient (Wildman–Crippen LogP) is 5.81. The lowest BCUT2D eigenvalue weighted by Gasteiger charge is -2.08. The van der Waals surface area contributed by atoms with Gasteiger partial charge in [0.25, 0.3) is 0 Å². The second-order valence-electron chi connectivity index (χ2n) is 6.47. The van der Waals surface area contributed by atoms with Crippen LogP contribution in [0.3, 0.4) is 0 Å². The Balaban J connectivity index is 1.28. The van der Waals surface area contributed by atoms with E-state index >= 15 is 0 Å². The van der Waals surface area contributed by atoms with Gasteiger partial charge in [0.15, 0.2) is 4.34 Å². The Bertz CT molecular complexity index is 1170. The van der Waals surface area contributed by atoms with Crippen molar-refractivity contribution in [1.29, 1.82) is 0 Å². The molecular weight excluding hydrogens is 444 g/mol. The van der Waals surface area contributed by atoms with Crippen molar-refractivity contribution in [3.05, 3.63) is 78.9 Å². The zero-order valence-corrected chi connectivity index (χ0v) is 18.8. The number of benzene rings is 3. The van der Waals surface area contributed by atoms with E-state index < -0.39 is 0 Å². The topological polar surface area (TPSA) is 85.4 Å². The maximum Gasteiger partial charge on any atom is 0.234 e. The second-order valence-corrected chi connectivity index (χ2v) is 8.67. The first-order valence-electron chi connectivity index (χ1n) is 9.69. The standard InChI is InChI=1S/C23H20N4O3S2/c1-29-20-10-6-5-9-19(20)25-21(28)15-31-23-27-26-22(32-23)24-16-11-13-18(14-12-16)30-17-7-3-2-4-8-17/h2-14H,15H2,1H3,(H,24,26)(H,25,28). The minimum Gasteiger partial charge on any atom is -0.495 e. The Kier molecular flexibility index (Phi) is 7.21. The molecule has 162 valence electrons. The Hall–Kier alpha value is -3.56. The molecule has 0 aliphatic carbocycles. The molecule has 9 heteroatoms. The molecule has 0 radical (unpaired) electrons. The summed E-state index contributed by atoms with van der Waals surface area (Å²) < 4.78 is 11.7. The maximum absolute atomic E-state index is 12.3. The van der Waals surface area contributed by atoms with Gasteiger partial charge in [-0.2, -0.15) is 0 Å². The van der Waals surface area contributed by atoms with Crippen LogP contribution in [0.1, 0.15) is 0 Å². The van der Waals surface area contributed by atoms with Crippen LogP contribution in [0.2, 0.25) is 0 Å². The van der Waals surface area contributed by atoms with E-state index in [4.69, 9.17) is 9.47 Å². The number of carbonyl (C=O) groups is 1. The van der Waals surface area contributed by atoms with Gasteiger partial charge in [-0.05, 0) is 48.5 Å². The number of carbonyl (C=O) groups excluding carboxylic acids is 1. The molecule has 1 amide bonds. The van der Waals surface area contributed by atoms with Gasteiger partial charge in [0.2, 0.25) is 11.0 Å². The summed E-state index contributed by atoms with van der Waals surface area (Å²) in [5.74, 6) is 2.23. The van der Waals surface area contributed by atoms with Crippen molar-refractivity contribution in [3.8, 4) is 17.2 Å². The molecule has 1 aromatic heterocycles. The highest BCUT2D eigenvalue weighted by Crippen LogP contribution is 2.30. The van der Waals surface area contributed by atoms with Crippen LogP contribution in [0, 0.1) is 0 Å². The maximum atomic E-state index is 12.3. The number of hydrogen-bond acceptors (Lipinski definition) is 8. The van der Waals surface area contributed by atoms with E-state index in [1.165, 1.54) is 23.1 Å². The Morgan fingerprint density at radius 1 is 0.938 bits per heavy atom. The lowest BCUT2D eigenvalue weighted by molar-refractivity contribution is -0.113. The summed E-state index contributed by atoms with van der Waals surface area (Å²) in [6.07, 6.45) is 0. The van der Waals surface area contributed by atoms with E-state index in [1.807, 2.05) is 66.7 Å². The van der Waals surface area contributed by atoms with E-state index in [0.717, 1.165) is 17.2 Å². The highest BCUT2D eigenvalue weighted by Gasteiger charge is 2.11. The molecule has 4 rings (SSSR count). The number of anilines is 3. The molecule has 0 unspecified atom stereocenters. The monoisotopic (exact) mass is 464 g/mol. The highest BCUT2D eigenvalue weighted by molar-refractivity contribution is 8.01. The van der Waals surface area contributed by atoms with Crippen molar-refractivity contribution >= 4 is 45.5 Å². The number of nitrogens with zero attached hydrogens (tertiary/aromatic N) is 2. The third kappa shape index (κ3) is 5.99. The number of methoxy groups -OCH3 is 1. The quantitative estimate of drug-likeness (QED) is 0.302. The zero-order valence-electron chi connectivity index (χ0n) is 17.1. The van der Waals surface area contributed by atoms with Crippen molar-refractivity contribution < 1.29 is 14.3 Å². The lowest BCUT2D eigenvalue weighted by atomic mass is 10.3. The summed E-state index contributed by atoms with van der Waals surface area (Å²) in [6.45, 7) is 0. The summed E-state index contributed by atoms with van der Waals surface area (Å²) in [6, 6.07) is 24.5. The molecule has 0 aliphatic heterocycles. The van der Waals surface area contributed by atoms with Gasteiger partial charge in [-0.25, -0.2) is 0 Å². The fraction of sp³-hybridized carbons (Fsp3) is 0.0870. The molecule has 0 spiro atoms. The van der Waals surface area contributed by atoms with Crippen LogP contribution in [0.25, 0.3) is 0 Å². The minimum atomic E-state index is -0.141. The molecule has 7 nitrogen and oxygen atoms in total. The van der Waals surface area contributed by atoms with Crippen LogP contribution in [-0.4, -0.2) is 29.0 Å². The van der Waals surface area contributed by atoms with Gasteiger partial charge in [0.1, 0.15) is 17.2 Å². The normalized spacial score (nSPS) is 10.4. The summed E-state index contributed by atoms with van der Waals surface area (Å²) in [4.78, 5) is 12.3. The smallest absolute Gasteiger partial charge is 0.234 e. The fourth-order valence-corrected chi connectivity index (χ4v) is 4.31. The van der Waals surface area contributed by atoms with Crippen molar-refractivity contribution in [2.75, 3.05) is 23.5 Å². The van der Waals surface area contributed by atoms with Gasteiger partial charge in [-0.15, -0.1) is 10.2 Å². The molecule has 4 aromatic rings. The number of thioether (sulfide) groups is 1. The SMILES string of the molecule is COc1ccccc1NC(=O)CSc1nnc(Nc2ccc(Oc3ccccc3)cc2)s1. The summed E-state index contributed by atoms with van der Waals surface area (Å²) in [5.41, 5.74) is 1.51. The molecule has 1 heterocycles. The Morgan fingerprint density at radius 2 is 1.66 bits per heavy atom. The van der Waals surface area contributed by atoms with Crippen LogP contribution in [0.15, 0.2) is 83.2 Å². The van der Waals surface area contributed by atoms with Crippen LogP contribution in [0.4, 0.5) is 16.5 Å². The molecular formula is C23H20N4O3S2. The van der Waals surface area contributed by atoms with Crippen LogP contribution in [0.5, 0.6) is 17.2 Å². The van der Waals surface area contributed by atoms with E-state index in [-0.39, 0.29) is 11.7 Å². The van der Waals surface area contributed by atoms with Gasteiger partial charge in [0.05, 0.1) is 18.6 Å². The average molecular weight is 465 g/mol. The molecule has 0 atom stereocenters. The number of amides is 1. The molecule has 0 saturated carbocycles. The molecule has 0 saturated heterocycles. The largest absolute Gasteiger partial charge is 0.495 e. The molecule has 0 aliphatic rings. The van der Waals surface area contributed by atoms with Gasteiger partial charge in [-0.3, -0.25) is 4.79 Å². The van der Waals surface area contributed by atoms with E-state index in [2.05, 4.69) is 20.8 Å². The molecule has 0 fully saturated rings. The first-order valence-corrected chi connectivity index (χ1v) is 11.5. The minimum absolute atomic E-state index is 0.141. The van der Waals surface area contributed by atoms with Crippen LogP contribution in [-0.2, 0) is 4.79 Å². The predicted molar refractivity (Wildman–Crippen MR) is 128 cm³/mol. The number of aromatic nitrogens is 2. The van der Waals surface area contributed by atoms with Crippen LogP contribution >= 0.6 is 23.1 Å². The molecule has 3 aromatic carbocycles. The fourth-order valence-electron chi connectivity index (χ4n) is 2.73. The highest BCUT2D eigenvalue weighted by atomic mass is 32.2. The number of ether oxygens (including phenoxy) is 2. The number of nitrogens with one attached hydrogen (secondary N) is 2. The number of para-hydroxylation sites is 3. The average Bonchev–Trinajstić information content (AvgIpc) is 3.27.